The van der Waals surface area contributed by atoms with Crippen LogP contribution in [0.5, 0.6) is 0 Å². The summed E-state index contributed by atoms with van der Waals surface area (Å²) in [6.07, 6.45) is -0.529. The van der Waals surface area contributed by atoms with Crippen molar-refractivity contribution in [3.8, 4) is 11.5 Å². The van der Waals surface area contributed by atoms with Gasteiger partial charge in [0.1, 0.15) is 8.07 Å². The van der Waals surface area contributed by atoms with Crippen LogP contribution in [0, 0.1) is 11.5 Å². The quantitative estimate of drug-likeness (QED) is 0.482. The average Bonchev–Trinajstić information content (AvgIpc) is 2.36. The molecule has 0 saturated carbocycles. The Morgan fingerprint density at radius 1 is 1.25 bits per heavy atom. The summed E-state index contributed by atoms with van der Waals surface area (Å²) in [5, 5.41) is 0. The van der Waals surface area contributed by atoms with E-state index in [0.717, 1.165) is 5.56 Å². The SMILES string of the molecule is CCOC(=O)OC(C#C[Si](C)(C)C)Cc1ccccc1. The minimum Gasteiger partial charge on any atom is -0.435 e. The van der Waals surface area contributed by atoms with Crippen LogP contribution in [0.15, 0.2) is 30.3 Å². The van der Waals surface area contributed by atoms with Gasteiger partial charge in [0.25, 0.3) is 0 Å². The van der Waals surface area contributed by atoms with Crippen molar-refractivity contribution < 1.29 is 14.3 Å². The fraction of sp³-hybridized carbons (Fsp3) is 0.438. The molecule has 0 fully saturated rings. The standard InChI is InChI=1S/C16H22O3Si/c1-5-18-16(17)19-15(11-12-20(2,3)4)13-14-9-7-6-8-10-14/h6-10,15H,5,13H2,1-4H3. The summed E-state index contributed by atoms with van der Waals surface area (Å²) in [5.41, 5.74) is 4.34. The molecule has 0 aromatic heterocycles. The Labute approximate surface area is 122 Å². The predicted molar refractivity (Wildman–Crippen MR) is 83.2 cm³/mol. The molecule has 1 atom stereocenters. The van der Waals surface area contributed by atoms with E-state index in [1.54, 1.807) is 6.92 Å². The third-order valence-electron chi connectivity index (χ3n) is 2.37. The van der Waals surface area contributed by atoms with Crippen LogP contribution < -0.4 is 0 Å². The molecular formula is C16H22O3Si. The second-order valence-electron chi connectivity index (χ2n) is 5.50. The summed E-state index contributed by atoms with van der Waals surface area (Å²) in [6.45, 7) is 8.53. The van der Waals surface area contributed by atoms with E-state index in [1.807, 2.05) is 30.3 Å². The van der Waals surface area contributed by atoms with Gasteiger partial charge >= 0.3 is 6.16 Å². The molecule has 0 aliphatic rings. The van der Waals surface area contributed by atoms with Gasteiger partial charge in [-0.3, -0.25) is 0 Å². The fourth-order valence-electron chi connectivity index (χ4n) is 1.52. The highest BCUT2D eigenvalue weighted by Gasteiger charge is 2.15. The lowest BCUT2D eigenvalue weighted by Gasteiger charge is -2.13. The summed E-state index contributed by atoms with van der Waals surface area (Å²) in [7, 11) is -1.50. The van der Waals surface area contributed by atoms with Crippen molar-refractivity contribution in [1.82, 2.24) is 0 Å². The van der Waals surface area contributed by atoms with Gasteiger partial charge in [-0.15, -0.1) is 5.54 Å². The highest BCUT2D eigenvalue weighted by molar-refractivity contribution is 6.83. The van der Waals surface area contributed by atoms with Crippen LogP contribution in [0.25, 0.3) is 0 Å². The molecule has 1 aromatic rings. The summed E-state index contributed by atoms with van der Waals surface area (Å²) in [6, 6.07) is 9.87. The zero-order valence-corrected chi connectivity index (χ0v) is 13.6. The minimum atomic E-state index is -1.50. The lowest BCUT2D eigenvalue weighted by molar-refractivity contribution is 0.0432. The van der Waals surface area contributed by atoms with Crippen molar-refractivity contribution in [3.05, 3.63) is 35.9 Å². The lowest BCUT2D eigenvalue weighted by Crippen LogP contribution is -2.23. The molecule has 0 saturated heterocycles. The van der Waals surface area contributed by atoms with Gasteiger partial charge in [-0.25, -0.2) is 4.79 Å². The van der Waals surface area contributed by atoms with Gasteiger partial charge in [0.05, 0.1) is 6.61 Å². The average molecular weight is 290 g/mol. The number of hydrogen-bond donors (Lipinski definition) is 0. The van der Waals surface area contributed by atoms with E-state index < -0.39 is 20.3 Å². The van der Waals surface area contributed by atoms with Crippen LogP contribution >= 0.6 is 0 Å². The Kier molecular flexibility index (Phi) is 6.33. The number of carbonyl (C=O) groups excluding carboxylic acids is 1. The third kappa shape index (κ3) is 7.00. The van der Waals surface area contributed by atoms with E-state index >= 15 is 0 Å². The van der Waals surface area contributed by atoms with E-state index in [4.69, 9.17) is 9.47 Å². The van der Waals surface area contributed by atoms with Crippen LogP contribution in [-0.4, -0.2) is 26.9 Å². The zero-order valence-electron chi connectivity index (χ0n) is 12.6. The highest BCUT2D eigenvalue weighted by Crippen LogP contribution is 2.07. The van der Waals surface area contributed by atoms with E-state index in [0.29, 0.717) is 13.0 Å². The number of benzene rings is 1. The number of rotatable bonds is 4. The number of hydrogen-bond acceptors (Lipinski definition) is 3. The molecule has 0 aliphatic carbocycles. The Morgan fingerprint density at radius 3 is 2.45 bits per heavy atom. The first-order valence-corrected chi connectivity index (χ1v) is 10.3. The molecule has 0 amide bonds. The van der Waals surface area contributed by atoms with E-state index in [-0.39, 0.29) is 0 Å². The van der Waals surface area contributed by atoms with Crippen molar-refractivity contribution in [2.75, 3.05) is 6.61 Å². The molecule has 1 unspecified atom stereocenters. The molecule has 20 heavy (non-hydrogen) atoms. The van der Waals surface area contributed by atoms with Gasteiger partial charge in [-0.1, -0.05) is 55.9 Å². The molecule has 0 aliphatic heterocycles. The first-order chi connectivity index (χ1) is 9.40. The molecule has 4 heteroatoms. The molecule has 3 nitrogen and oxygen atoms in total. The van der Waals surface area contributed by atoms with Gasteiger partial charge in [0.15, 0.2) is 6.10 Å². The summed E-state index contributed by atoms with van der Waals surface area (Å²) >= 11 is 0. The van der Waals surface area contributed by atoms with Gasteiger partial charge in [0.2, 0.25) is 0 Å². The van der Waals surface area contributed by atoms with E-state index in [9.17, 15) is 4.79 Å². The second kappa shape index (κ2) is 7.76. The maximum absolute atomic E-state index is 11.5. The minimum absolute atomic E-state index is 0.304. The Bertz CT molecular complexity index is 480. The maximum Gasteiger partial charge on any atom is 0.509 e. The molecule has 1 aromatic carbocycles. The molecule has 0 N–H and O–H groups in total. The van der Waals surface area contributed by atoms with Crippen molar-refractivity contribution in [2.24, 2.45) is 0 Å². The Hall–Kier alpha value is -1.73. The third-order valence-corrected chi connectivity index (χ3v) is 3.27. The van der Waals surface area contributed by atoms with Crippen LogP contribution in [0.2, 0.25) is 19.6 Å². The Balaban J connectivity index is 2.78. The number of ether oxygens (including phenoxy) is 2. The molecule has 0 heterocycles. The van der Waals surface area contributed by atoms with Crippen LogP contribution in [-0.2, 0) is 15.9 Å². The Morgan fingerprint density at radius 2 is 1.90 bits per heavy atom. The molecule has 0 radical (unpaired) electrons. The number of carbonyl (C=O) groups is 1. The predicted octanol–water partition coefficient (Wildman–Crippen LogP) is 3.65. The van der Waals surface area contributed by atoms with E-state index in [1.165, 1.54) is 0 Å². The first kappa shape index (κ1) is 16.3. The molecule has 1 rings (SSSR count). The van der Waals surface area contributed by atoms with Gasteiger partial charge in [-0.2, -0.15) is 0 Å². The van der Waals surface area contributed by atoms with Crippen molar-refractivity contribution in [3.63, 3.8) is 0 Å². The van der Waals surface area contributed by atoms with E-state index in [2.05, 4.69) is 31.1 Å². The van der Waals surface area contributed by atoms with Crippen LogP contribution in [0.3, 0.4) is 0 Å². The second-order valence-corrected chi connectivity index (χ2v) is 10.2. The molecule has 0 bridgehead atoms. The van der Waals surface area contributed by atoms with Gasteiger partial charge in [0, 0.05) is 6.42 Å². The molecule has 0 spiro atoms. The van der Waals surface area contributed by atoms with Crippen molar-refractivity contribution >= 4 is 14.2 Å². The fourth-order valence-corrected chi connectivity index (χ4v) is 2.11. The topological polar surface area (TPSA) is 35.5 Å². The lowest BCUT2D eigenvalue weighted by atomic mass is 10.1. The van der Waals surface area contributed by atoms with Crippen LogP contribution in [0.4, 0.5) is 4.79 Å². The largest absolute Gasteiger partial charge is 0.509 e. The summed E-state index contributed by atoms with van der Waals surface area (Å²) in [5.74, 6) is 3.09. The normalized spacial score (nSPS) is 12.0. The zero-order chi connectivity index (χ0) is 15.0. The summed E-state index contributed by atoms with van der Waals surface area (Å²) < 4.78 is 10.1. The van der Waals surface area contributed by atoms with Gasteiger partial charge < -0.3 is 9.47 Å². The monoisotopic (exact) mass is 290 g/mol. The smallest absolute Gasteiger partial charge is 0.435 e. The molecule has 108 valence electrons. The highest BCUT2D eigenvalue weighted by atomic mass is 28.3. The van der Waals surface area contributed by atoms with Crippen LogP contribution in [0.1, 0.15) is 12.5 Å². The van der Waals surface area contributed by atoms with Gasteiger partial charge in [-0.05, 0) is 12.5 Å². The maximum atomic E-state index is 11.5. The van der Waals surface area contributed by atoms with Crippen molar-refractivity contribution in [2.45, 2.75) is 39.1 Å². The van der Waals surface area contributed by atoms with Crippen molar-refractivity contribution in [1.29, 1.82) is 0 Å². The molecular weight excluding hydrogens is 268 g/mol. The summed E-state index contributed by atoms with van der Waals surface area (Å²) in [4.78, 5) is 11.5. The first-order valence-electron chi connectivity index (χ1n) is 6.81.